The topological polar surface area (TPSA) is 97.7 Å². The zero-order chi connectivity index (χ0) is 34.6. The Hall–Kier alpha value is -5.10. The molecule has 0 aliphatic rings. The maximum Gasteiger partial charge on any atom is 0.229 e. The first-order valence-electron chi connectivity index (χ1n) is 16.1. The van der Waals surface area contributed by atoms with Crippen molar-refractivity contribution < 1.29 is 4.79 Å². The highest BCUT2D eigenvalue weighted by Gasteiger charge is 2.37. The molecule has 250 valence electrons. The van der Waals surface area contributed by atoms with Crippen molar-refractivity contribution in [3.8, 4) is 21.1 Å². The Bertz CT molecular complexity index is 1960. The lowest BCUT2D eigenvalue weighted by molar-refractivity contribution is -0.117. The fraction of sp³-hybridized carbons (Fsp3) is 0.154. The minimum atomic E-state index is -0.446. The summed E-state index contributed by atoms with van der Waals surface area (Å²) < 4.78 is -0.446. The molecule has 7 aromatic rings. The largest absolute Gasteiger partial charge is 0.290 e. The van der Waals surface area contributed by atoms with E-state index in [0.717, 1.165) is 32.6 Å². The molecule has 0 saturated heterocycles. The van der Waals surface area contributed by atoms with Crippen LogP contribution in [0.3, 0.4) is 0 Å². The monoisotopic (exact) mass is 713 g/mol. The quantitative estimate of drug-likeness (QED) is 0.123. The van der Waals surface area contributed by atoms with E-state index in [9.17, 15) is 4.79 Å². The van der Waals surface area contributed by atoms with Gasteiger partial charge < -0.3 is 0 Å². The van der Waals surface area contributed by atoms with E-state index >= 15 is 0 Å². The fourth-order valence-corrected chi connectivity index (χ4v) is 8.37. The average molecular weight is 714 g/mol. The molecular formula is C39H35N7OS3. The molecule has 0 bridgehead atoms. The zero-order valence-electron chi connectivity index (χ0n) is 27.7. The number of hydrogen-bond donors (Lipinski definition) is 0. The molecule has 0 aliphatic carbocycles. The number of pyridine rings is 2. The third kappa shape index (κ3) is 8.19. The molecule has 0 fully saturated rings. The first-order valence-corrected chi connectivity index (χ1v) is 18.7. The summed E-state index contributed by atoms with van der Waals surface area (Å²) in [5.41, 5.74) is 5.48. The van der Waals surface area contributed by atoms with Gasteiger partial charge in [-0.05, 0) is 47.4 Å². The van der Waals surface area contributed by atoms with E-state index < -0.39 is 4.75 Å². The van der Waals surface area contributed by atoms with Gasteiger partial charge in [-0.15, -0.1) is 32.2 Å². The van der Waals surface area contributed by atoms with Crippen molar-refractivity contribution in [2.45, 2.75) is 24.5 Å². The van der Waals surface area contributed by atoms with Crippen molar-refractivity contribution in [1.29, 1.82) is 0 Å². The predicted octanol–water partition coefficient (Wildman–Crippen LogP) is 8.84. The molecule has 4 aromatic heterocycles. The number of rotatable bonds is 11. The van der Waals surface area contributed by atoms with E-state index in [0.29, 0.717) is 17.3 Å². The molecule has 3 aromatic carbocycles. The van der Waals surface area contributed by atoms with Crippen LogP contribution in [-0.2, 0) is 16.0 Å². The first-order chi connectivity index (χ1) is 24.6. The van der Waals surface area contributed by atoms with E-state index in [2.05, 4.69) is 110 Å². The second-order valence-corrected chi connectivity index (χ2v) is 14.4. The number of hydrogen-bond acceptors (Lipinski definition) is 10. The number of carbonyl (C=O) groups excluding carboxylic acids is 1. The number of aryl methyl sites for hydroxylation is 1. The highest BCUT2D eigenvalue weighted by molar-refractivity contribution is 8.00. The predicted molar refractivity (Wildman–Crippen MR) is 205 cm³/mol. The molecule has 0 unspecified atom stereocenters. The maximum atomic E-state index is 13.2. The summed E-state index contributed by atoms with van der Waals surface area (Å²) in [4.78, 5) is 23.0. The molecular weight excluding hydrogens is 679 g/mol. The lowest BCUT2D eigenvalue weighted by atomic mass is 9.84. The molecule has 50 heavy (non-hydrogen) atoms. The van der Waals surface area contributed by atoms with Crippen LogP contribution in [0.1, 0.15) is 35.0 Å². The van der Waals surface area contributed by atoms with Gasteiger partial charge in [0.2, 0.25) is 11.0 Å². The second kappa shape index (κ2) is 17.0. The first kappa shape index (κ1) is 34.8. The standard InChI is InChI=1S/C30H26N4OS2.C9H9N3S/c1-34(29-33-32-28(37-29)23-12-11-20-31-22-23)27(35)19-21-36-30(24-13-5-2-6-14-24,25-15-7-3-8-16-25)26-17-9-4-10-18-26;1-2-8-11-12-9(13-8)7-4-3-5-10-6-7/h2-18,20,22H,19,21H2,1H3;3-6H,2H2,1H3. The van der Waals surface area contributed by atoms with Crippen molar-refractivity contribution in [2.75, 3.05) is 17.7 Å². The summed E-state index contributed by atoms with van der Waals surface area (Å²) in [5.74, 6) is 0.639. The van der Waals surface area contributed by atoms with Crippen LogP contribution in [0.2, 0.25) is 0 Å². The highest BCUT2D eigenvalue weighted by atomic mass is 32.2. The van der Waals surface area contributed by atoms with E-state index in [1.165, 1.54) is 28.0 Å². The molecule has 11 heteroatoms. The second-order valence-electron chi connectivity index (χ2n) is 11.1. The molecule has 0 spiro atoms. The van der Waals surface area contributed by atoms with Gasteiger partial charge in [0.25, 0.3) is 0 Å². The molecule has 4 heterocycles. The van der Waals surface area contributed by atoms with Crippen LogP contribution in [0.25, 0.3) is 21.1 Å². The Balaban J connectivity index is 0.000000278. The third-order valence-electron chi connectivity index (χ3n) is 7.84. The van der Waals surface area contributed by atoms with Crippen LogP contribution < -0.4 is 4.90 Å². The van der Waals surface area contributed by atoms with E-state index in [4.69, 9.17) is 0 Å². The highest BCUT2D eigenvalue weighted by Crippen LogP contribution is 2.48. The number of aromatic nitrogens is 6. The van der Waals surface area contributed by atoms with Gasteiger partial charge in [0.15, 0.2) is 5.01 Å². The van der Waals surface area contributed by atoms with E-state index in [1.807, 2.05) is 42.5 Å². The van der Waals surface area contributed by atoms with Gasteiger partial charge >= 0.3 is 0 Å². The fourth-order valence-electron chi connectivity index (χ4n) is 5.29. The summed E-state index contributed by atoms with van der Waals surface area (Å²) >= 11 is 4.79. The summed E-state index contributed by atoms with van der Waals surface area (Å²) in [6, 6.07) is 39.3. The van der Waals surface area contributed by atoms with Gasteiger partial charge in [-0.2, -0.15) is 0 Å². The minimum Gasteiger partial charge on any atom is -0.290 e. The number of nitrogens with zero attached hydrogens (tertiary/aromatic N) is 7. The Morgan fingerprint density at radius 2 is 1.16 bits per heavy atom. The molecule has 7 rings (SSSR count). The molecule has 0 aliphatic heterocycles. The Labute approximate surface area is 304 Å². The van der Waals surface area contributed by atoms with Crippen molar-refractivity contribution in [3.05, 3.63) is 162 Å². The van der Waals surface area contributed by atoms with Crippen LogP contribution in [0.4, 0.5) is 5.13 Å². The molecule has 8 nitrogen and oxygen atoms in total. The van der Waals surface area contributed by atoms with Gasteiger partial charge in [0, 0.05) is 55.1 Å². The lowest BCUT2D eigenvalue weighted by Gasteiger charge is -2.35. The Morgan fingerprint density at radius 1 is 0.660 bits per heavy atom. The van der Waals surface area contributed by atoms with E-state index in [1.54, 1.807) is 59.8 Å². The summed E-state index contributed by atoms with van der Waals surface area (Å²) in [6.45, 7) is 2.08. The van der Waals surface area contributed by atoms with Crippen LogP contribution in [0.5, 0.6) is 0 Å². The molecule has 0 atom stereocenters. The van der Waals surface area contributed by atoms with Crippen molar-refractivity contribution >= 4 is 45.5 Å². The Morgan fingerprint density at radius 3 is 1.62 bits per heavy atom. The van der Waals surface area contributed by atoms with Crippen LogP contribution in [-0.4, -0.2) is 49.1 Å². The van der Waals surface area contributed by atoms with Gasteiger partial charge in [0.05, 0.1) is 4.75 Å². The number of benzene rings is 3. The zero-order valence-corrected chi connectivity index (χ0v) is 30.1. The van der Waals surface area contributed by atoms with Gasteiger partial charge in [-0.3, -0.25) is 19.7 Å². The van der Waals surface area contributed by atoms with Crippen molar-refractivity contribution in [3.63, 3.8) is 0 Å². The third-order valence-corrected chi connectivity index (χ3v) is 11.6. The molecule has 0 radical (unpaired) electrons. The summed E-state index contributed by atoms with van der Waals surface area (Å²) in [7, 11) is 1.76. The number of thioether (sulfide) groups is 1. The summed E-state index contributed by atoms with van der Waals surface area (Å²) in [5, 5.41) is 20.0. The normalized spacial score (nSPS) is 11.0. The smallest absolute Gasteiger partial charge is 0.229 e. The minimum absolute atomic E-state index is 0.00414. The van der Waals surface area contributed by atoms with Gasteiger partial charge in [0.1, 0.15) is 10.0 Å². The van der Waals surface area contributed by atoms with Gasteiger partial charge in [-0.1, -0.05) is 121 Å². The molecule has 1 amide bonds. The summed E-state index contributed by atoms with van der Waals surface area (Å²) in [6.07, 6.45) is 8.35. The van der Waals surface area contributed by atoms with Gasteiger partial charge in [-0.25, -0.2) is 0 Å². The Kier molecular flexibility index (Phi) is 11.8. The van der Waals surface area contributed by atoms with Crippen LogP contribution >= 0.6 is 34.4 Å². The molecule has 0 N–H and O–H groups in total. The number of carbonyl (C=O) groups is 1. The lowest BCUT2D eigenvalue weighted by Crippen LogP contribution is -2.29. The molecule has 0 saturated carbocycles. The number of amides is 1. The van der Waals surface area contributed by atoms with Crippen molar-refractivity contribution in [1.82, 2.24) is 30.4 Å². The van der Waals surface area contributed by atoms with Crippen LogP contribution in [0.15, 0.2) is 140 Å². The SMILES string of the molecule is CCc1nnc(-c2cccnc2)s1.CN(C(=O)CCSC(c1ccccc1)(c1ccccc1)c1ccccc1)c1nnc(-c2cccnc2)s1. The maximum absolute atomic E-state index is 13.2. The van der Waals surface area contributed by atoms with Crippen LogP contribution in [0, 0.1) is 0 Å². The van der Waals surface area contributed by atoms with E-state index in [-0.39, 0.29) is 5.91 Å². The number of anilines is 1. The van der Waals surface area contributed by atoms with Crippen molar-refractivity contribution in [2.24, 2.45) is 0 Å². The average Bonchev–Trinajstić information content (AvgIpc) is 3.90.